The predicted molar refractivity (Wildman–Crippen MR) is 70.5 cm³/mol. The van der Waals surface area contributed by atoms with Gasteiger partial charge in [-0.2, -0.15) is 11.8 Å². The molecular weight excluding hydrogens is 220 g/mol. The predicted octanol–water partition coefficient (Wildman–Crippen LogP) is 2.47. The van der Waals surface area contributed by atoms with Gasteiger partial charge in [-0.1, -0.05) is 0 Å². The molecule has 0 radical (unpaired) electrons. The van der Waals surface area contributed by atoms with Crippen LogP contribution >= 0.6 is 11.8 Å². The molecular formula is C12H18N2OS. The molecule has 0 N–H and O–H groups in total. The van der Waals surface area contributed by atoms with Crippen LogP contribution in [0, 0.1) is 0 Å². The standard InChI is InChI=1S/C12H18N2OS/c1-10(6-7-16-3)14(2)12-5-4-11(9-15)8-13-12/h4-5,8-10H,6-7H2,1-3H3. The summed E-state index contributed by atoms with van der Waals surface area (Å²) in [5, 5.41) is 0. The molecule has 0 aliphatic carbocycles. The summed E-state index contributed by atoms with van der Waals surface area (Å²) in [5.74, 6) is 2.07. The second-order valence-electron chi connectivity index (χ2n) is 3.81. The molecule has 1 rings (SSSR count). The Labute approximate surface area is 101 Å². The van der Waals surface area contributed by atoms with Crippen LogP contribution in [0.2, 0.25) is 0 Å². The number of nitrogens with zero attached hydrogens (tertiary/aromatic N) is 2. The number of aldehydes is 1. The summed E-state index contributed by atoms with van der Waals surface area (Å²) in [6, 6.07) is 4.15. The maximum atomic E-state index is 10.5. The number of carbonyl (C=O) groups is 1. The zero-order chi connectivity index (χ0) is 12.0. The van der Waals surface area contributed by atoms with Crippen molar-refractivity contribution in [3.63, 3.8) is 0 Å². The molecule has 1 heterocycles. The highest BCUT2D eigenvalue weighted by molar-refractivity contribution is 7.98. The first-order valence-electron chi connectivity index (χ1n) is 5.32. The van der Waals surface area contributed by atoms with Crippen LogP contribution in [-0.4, -0.2) is 36.4 Å². The second kappa shape index (κ2) is 6.53. The molecule has 0 fully saturated rings. The summed E-state index contributed by atoms with van der Waals surface area (Å²) in [4.78, 5) is 16.9. The highest BCUT2D eigenvalue weighted by Crippen LogP contribution is 2.14. The van der Waals surface area contributed by atoms with Gasteiger partial charge in [0.05, 0.1) is 0 Å². The van der Waals surface area contributed by atoms with Crippen molar-refractivity contribution >= 4 is 23.9 Å². The zero-order valence-electron chi connectivity index (χ0n) is 10.0. The number of anilines is 1. The molecule has 0 saturated carbocycles. The topological polar surface area (TPSA) is 33.2 Å². The Morgan fingerprint density at radius 1 is 1.56 bits per heavy atom. The van der Waals surface area contributed by atoms with Crippen LogP contribution in [0.1, 0.15) is 23.7 Å². The summed E-state index contributed by atoms with van der Waals surface area (Å²) in [7, 11) is 2.04. The first kappa shape index (κ1) is 13.0. The van der Waals surface area contributed by atoms with E-state index >= 15 is 0 Å². The molecule has 0 bridgehead atoms. The SMILES string of the molecule is CSCCC(C)N(C)c1ccc(C=O)cn1. The lowest BCUT2D eigenvalue weighted by Gasteiger charge is -2.25. The number of pyridine rings is 1. The molecule has 1 aromatic rings. The minimum Gasteiger partial charge on any atom is -0.357 e. The van der Waals surface area contributed by atoms with Gasteiger partial charge >= 0.3 is 0 Å². The molecule has 0 aliphatic heterocycles. The molecule has 1 atom stereocenters. The molecule has 4 heteroatoms. The van der Waals surface area contributed by atoms with E-state index in [-0.39, 0.29) is 0 Å². The number of carbonyl (C=O) groups excluding carboxylic acids is 1. The van der Waals surface area contributed by atoms with E-state index in [4.69, 9.17) is 0 Å². The van der Waals surface area contributed by atoms with E-state index in [9.17, 15) is 4.79 Å². The Hall–Kier alpha value is -1.03. The summed E-state index contributed by atoms with van der Waals surface area (Å²) >= 11 is 1.86. The van der Waals surface area contributed by atoms with Crippen molar-refractivity contribution in [1.82, 2.24) is 4.98 Å². The molecule has 0 saturated heterocycles. The molecule has 88 valence electrons. The number of rotatable bonds is 6. The van der Waals surface area contributed by atoms with Gasteiger partial charge in [0.25, 0.3) is 0 Å². The van der Waals surface area contributed by atoms with Gasteiger partial charge in [-0.25, -0.2) is 4.98 Å². The van der Waals surface area contributed by atoms with E-state index in [0.717, 1.165) is 24.3 Å². The normalized spacial score (nSPS) is 12.2. The van der Waals surface area contributed by atoms with Crippen molar-refractivity contribution in [1.29, 1.82) is 0 Å². The Morgan fingerprint density at radius 3 is 2.81 bits per heavy atom. The Morgan fingerprint density at radius 2 is 2.31 bits per heavy atom. The summed E-state index contributed by atoms with van der Waals surface area (Å²) < 4.78 is 0. The largest absolute Gasteiger partial charge is 0.357 e. The van der Waals surface area contributed by atoms with Crippen molar-refractivity contribution in [2.75, 3.05) is 24.0 Å². The van der Waals surface area contributed by atoms with Gasteiger partial charge in [0, 0.05) is 24.8 Å². The number of hydrogen-bond acceptors (Lipinski definition) is 4. The molecule has 3 nitrogen and oxygen atoms in total. The van der Waals surface area contributed by atoms with E-state index in [0.29, 0.717) is 11.6 Å². The Balaban J connectivity index is 2.64. The molecule has 0 spiro atoms. The van der Waals surface area contributed by atoms with Crippen LogP contribution in [0.25, 0.3) is 0 Å². The van der Waals surface area contributed by atoms with Gasteiger partial charge in [0.2, 0.25) is 0 Å². The monoisotopic (exact) mass is 238 g/mol. The van der Waals surface area contributed by atoms with Gasteiger partial charge in [-0.05, 0) is 37.5 Å². The van der Waals surface area contributed by atoms with Crippen LogP contribution in [0.15, 0.2) is 18.3 Å². The van der Waals surface area contributed by atoms with Gasteiger partial charge < -0.3 is 4.90 Å². The molecule has 1 aromatic heterocycles. The average molecular weight is 238 g/mol. The molecule has 0 aromatic carbocycles. The quantitative estimate of drug-likeness (QED) is 0.713. The minimum atomic E-state index is 0.460. The van der Waals surface area contributed by atoms with E-state index in [1.807, 2.05) is 24.9 Å². The Kier molecular flexibility index (Phi) is 5.32. The van der Waals surface area contributed by atoms with Crippen molar-refractivity contribution in [2.45, 2.75) is 19.4 Å². The van der Waals surface area contributed by atoms with Crippen molar-refractivity contribution in [3.05, 3.63) is 23.9 Å². The van der Waals surface area contributed by atoms with Gasteiger partial charge in [-0.3, -0.25) is 4.79 Å². The zero-order valence-corrected chi connectivity index (χ0v) is 10.8. The van der Waals surface area contributed by atoms with Gasteiger partial charge in [-0.15, -0.1) is 0 Å². The highest BCUT2D eigenvalue weighted by atomic mass is 32.2. The first-order chi connectivity index (χ1) is 7.69. The lowest BCUT2D eigenvalue weighted by Crippen LogP contribution is -2.30. The van der Waals surface area contributed by atoms with Gasteiger partial charge in [0.1, 0.15) is 5.82 Å². The third kappa shape index (κ3) is 3.52. The molecule has 16 heavy (non-hydrogen) atoms. The highest BCUT2D eigenvalue weighted by Gasteiger charge is 2.10. The third-order valence-corrected chi connectivity index (χ3v) is 3.31. The number of hydrogen-bond donors (Lipinski definition) is 0. The second-order valence-corrected chi connectivity index (χ2v) is 4.79. The Bertz CT molecular complexity index is 326. The van der Waals surface area contributed by atoms with E-state index in [2.05, 4.69) is 23.1 Å². The van der Waals surface area contributed by atoms with Gasteiger partial charge in [0.15, 0.2) is 6.29 Å². The van der Waals surface area contributed by atoms with Crippen LogP contribution in [0.4, 0.5) is 5.82 Å². The van der Waals surface area contributed by atoms with Crippen molar-refractivity contribution in [2.24, 2.45) is 0 Å². The molecule has 0 amide bonds. The van der Waals surface area contributed by atoms with Crippen molar-refractivity contribution in [3.8, 4) is 0 Å². The fourth-order valence-electron chi connectivity index (χ4n) is 1.38. The lowest BCUT2D eigenvalue weighted by atomic mass is 10.2. The number of thioether (sulfide) groups is 1. The summed E-state index contributed by atoms with van der Waals surface area (Å²) in [6.07, 6.45) is 5.67. The van der Waals surface area contributed by atoms with Crippen LogP contribution < -0.4 is 4.90 Å². The van der Waals surface area contributed by atoms with Crippen LogP contribution in [0.3, 0.4) is 0 Å². The van der Waals surface area contributed by atoms with Crippen LogP contribution in [-0.2, 0) is 0 Å². The molecule has 1 unspecified atom stereocenters. The summed E-state index contributed by atoms with van der Waals surface area (Å²) in [6.45, 7) is 2.19. The fraction of sp³-hybridized carbons (Fsp3) is 0.500. The maximum absolute atomic E-state index is 10.5. The molecule has 0 aliphatic rings. The minimum absolute atomic E-state index is 0.460. The number of aromatic nitrogens is 1. The van der Waals surface area contributed by atoms with E-state index in [1.165, 1.54) is 0 Å². The van der Waals surface area contributed by atoms with E-state index < -0.39 is 0 Å². The first-order valence-corrected chi connectivity index (χ1v) is 6.71. The fourth-order valence-corrected chi connectivity index (χ4v) is 1.96. The smallest absolute Gasteiger partial charge is 0.151 e. The average Bonchev–Trinajstić information content (AvgIpc) is 2.35. The van der Waals surface area contributed by atoms with Crippen molar-refractivity contribution < 1.29 is 4.79 Å². The third-order valence-electron chi connectivity index (χ3n) is 2.67. The summed E-state index contributed by atoms with van der Waals surface area (Å²) in [5.41, 5.74) is 0.619. The lowest BCUT2D eigenvalue weighted by molar-refractivity contribution is 0.112. The maximum Gasteiger partial charge on any atom is 0.151 e. The van der Waals surface area contributed by atoms with Crippen LogP contribution in [0.5, 0.6) is 0 Å². The van der Waals surface area contributed by atoms with E-state index in [1.54, 1.807) is 12.3 Å².